The van der Waals surface area contributed by atoms with Crippen molar-refractivity contribution in [1.29, 1.82) is 0 Å². The number of pyridine rings is 1. The van der Waals surface area contributed by atoms with Gasteiger partial charge < -0.3 is 14.4 Å². The van der Waals surface area contributed by atoms with E-state index in [1.165, 1.54) is 5.56 Å². The average Bonchev–Trinajstić information content (AvgIpc) is 3.04. The molecule has 0 spiro atoms. The van der Waals surface area contributed by atoms with E-state index in [0.717, 1.165) is 29.4 Å². The Morgan fingerprint density at radius 1 is 1.15 bits per heavy atom. The molecule has 1 aliphatic heterocycles. The first-order valence-electron chi connectivity index (χ1n) is 9.06. The van der Waals surface area contributed by atoms with Crippen LogP contribution in [0.15, 0.2) is 36.4 Å². The number of amides is 1. The maximum atomic E-state index is 12.3. The van der Waals surface area contributed by atoms with Gasteiger partial charge >= 0.3 is 6.09 Å². The van der Waals surface area contributed by atoms with Crippen LogP contribution in [0.4, 0.5) is 10.6 Å². The fraction of sp³-hybridized carbons (Fsp3) is 0.429. The predicted octanol–water partition coefficient (Wildman–Crippen LogP) is 3.98. The molecule has 0 radical (unpaired) electrons. The summed E-state index contributed by atoms with van der Waals surface area (Å²) < 4.78 is 10.7. The molecular weight excluding hydrogens is 342 g/mol. The van der Waals surface area contributed by atoms with Crippen LogP contribution in [0.1, 0.15) is 37.6 Å². The van der Waals surface area contributed by atoms with Crippen molar-refractivity contribution in [1.82, 2.24) is 9.88 Å². The second-order valence-corrected chi connectivity index (χ2v) is 7.82. The van der Waals surface area contributed by atoms with Gasteiger partial charge in [0.1, 0.15) is 17.2 Å². The predicted molar refractivity (Wildman–Crippen MR) is 105 cm³/mol. The van der Waals surface area contributed by atoms with E-state index in [2.05, 4.69) is 4.90 Å². The van der Waals surface area contributed by atoms with Crippen molar-refractivity contribution in [3.63, 3.8) is 0 Å². The normalized spacial score (nSPS) is 13.3. The fourth-order valence-corrected chi connectivity index (χ4v) is 3.00. The Kier molecular flexibility index (Phi) is 5.26. The Balaban J connectivity index is 1.66. The number of aromatic nitrogens is 1. The van der Waals surface area contributed by atoms with E-state index in [4.69, 9.17) is 14.5 Å². The van der Waals surface area contributed by atoms with Gasteiger partial charge in [0.25, 0.3) is 0 Å². The number of ether oxygens (including phenoxy) is 2. The van der Waals surface area contributed by atoms with Crippen molar-refractivity contribution in [2.24, 2.45) is 0 Å². The molecule has 0 atom stereocenters. The van der Waals surface area contributed by atoms with E-state index in [9.17, 15) is 4.79 Å². The van der Waals surface area contributed by atoms with Crippen LogP contribution in [0.25, 0.3) is 0 Å². The summed E-state index contributed by atoms with van der Waals surface area (Å²) in [6.07, 6.45) is -0.298. The zero-order valence-corrected chi connectivity index (χ0v) is 16.7. The van der Waals surface area contributed by atoms with E-state index < -0.39 is 5.60 Å². The SMILES string of the molecule is COc1ccc(CN(C)c2ccc3c(n2)CN(C(=O)OC(C)(C)C)C3)cc1. The molecule has 6 nitrogen and oxygen atoms in total. The number of methoxy groups -OCH3 is 1. The van der Waals surface area contributed by atoms with E-state index >= 15 is 0 Å². The molecular formula is C21H27N3O3. The lowest BCUT2D eigenvalue weighted by Crippen LogP contribution is -2.33. The molecule has 0 saturated carbocycles. The zero-order chi connectivity index (χ0) is 19.6. The molecule has 1 amide bonds. The molecule has 1 aliphatic rings. The molecule has 0 bridgehead atoms. The second kappa shape index (κ2) is 7.47. The van der Waals surface area contributed by atoms with E-state index in [1.807, 2.05) is 64.2 Å². The third kappa shape index (κ3) is 4.70. The summed E-state index contributed by atoms with van der Waals surface area (Å²) >= 11 is 0. The van der Waals surface area contributed by atoms with Crippen LogP contribution in [0.3, 0.4) is 0 Å². The number of carbonyl (C=O) groups is 1. The lowest BCUT2D eigenvalue weighted by Gasteiger charge is -2.23. The number of hydrogen-bond donors (Lipinski definition) is 0. The molecule has 6 heteroatoms. The number of benzene rings is 1. The van der Waals surface area contributed by atoms with Crippen molar-refractivity contribution in [2.75, 3.05) is 19.1 Å². The number of fused-ring (bicyclic) bond motifs is 1. The van der Waals surface area contributed by atoms with Crippen molar-refractivity contribution in [2.45, 2.75) is 46.0 Å². The molecule has 0 N–H and O–H groups in total. The topological polar surface area (TPSA) is 54.9 Å². The van der Waals surface area contributed by atoms with Crippen molar-refractivity contribution in [3.05, 3.63) is 53.2 Å². The molecule has 1 aromatic carbocycles. The quantitative estimate of drug-likeness (QED) is 0.816. The summed E-state index contributed by atoms with van der Waals surface area (Å²) in [6.45, 7) is 7.38. The fourth-order valence-electron chi connectivity index (χ4n) is 3.00. The minimum atomic E-state index is -0.497. The van der Waals surface area contributed by atoms with Gasteiger partial charge in [0, 0.05) is 13.6 Å². The van der Waals surface area contributed by atoms with Crippen LogP contribution >= 0.6 is 0 Å². The maximum absolute atomic E-state index is 12.3. The van der Waals surface area contributed by atoms with Crippen LogP contribution in [-0.2, 0) is 24.4 Å². The Hall–Kier alpha value is -2.76. The smallest absolute Gasteiger partial charge is 0.410 e. The lowest BCUT2D eigenvalue weighted by molar-refractivity contribution is 0.0240. The number of anilines is 1. The van der Waals surface area contributed by atoms with Gasteiger partial charge in [-0.2, -0.15) is 0 Å². The van der Waals surface area contributed by atoms with E-state index in [0.29, 0.717) is 13.1 Å². The largest absolute Gasteiger partial charge is 0.497 e. The van der Waals surface area contributed by atoms with Gasteiger partial charge in [-0.3, -0.25) is 4.90 Å². The molecule has 2 heterocycles. The van der Waals surface area contributed by atoms with Gasteiger partial charge in [0.05, 0.1) is 25.9 Å². The third-order valence-corrected chi connectivity index (χ3v) is 4.38. The first-order chi connectivity index (χ1) is 12.7. The second-order valence-electron chi connectivity index (χ2n) is 7.82. The van der Waals surface area contributed by atoms with Gasteiger partial charge in [-0.25, -0.2) is 9.78 Å². The van der Waals surface area contributed by atoms with Crippen molar-refractivity contribution < 1.29 is 14.3 Å². The summed E-state index contributed by atoms with van der Waals surface area (Å²) in [5, 5.41) is 0. The molecule has 0 unspecified atom stereocenters. The summed E-state index contributed by atoms with van der Waals surface area (Å²) in [6, 6.07) is 12.1. The minimum absolute atomic E-state index is 0.298. The van der Waals surface area contributed by atoms with E-state index in [-0.39, 0.29) is 6.09 Å². The van der Waals surface area contributed by atoms with Gasteiger partial charge in [-0.05, 0) is 50.1 Å². The van der Waals surface area contributed by atoms with Gasteiger partial charge in [-0.15, -0.1) is 0 Å². The summed E-state index contributed by atoms with van der Waals surface area (Å²) in [4.78, 5) is 20.8. The van der Waals surface area contributed by atoms with Crippen molar-refractivity contribution >= 4 is 11.9 Å². The van der Waals surface area contributed by atoms with Crippen LogP contribution < -0.4 is 9.64 Å². The van der Waals surface area contributed by atoms with Crippen molar-refractivity contribution in [3.8, 4) is 5.75 Å². The third-order valence-electron chi connectivity index (χ3n) is 4.38. The highest BCUT2D eigenvalue weighted by molar-refractivity contribution is 5.69. The molecule has 27 heavy (non-hydrogen) atoms. The molecule has 0 fully saturated rings. The molecule has 3 rings (SSSR count). The molecule has 0 aliphatic carbocycles. The van der Waals surface area contributed by atoms with Crippen LogP contribution in [0, 0.1) is 0 Å². The first kappa shape index (κ1) is 19.0. The van der Waals surface area contributed by atoms with E-state index in [1.54, 1.807) is 12.0 Å². The molecule has 2 aromatic rings. The Morgan fingerprint density at radius 2 is 1.85 bits per heavy atom. The Morgan fingerprint density at radius 3 is 2.48 bits per heavy atom. The monoisotopic (exact) mass is 369 g/mol. The van der Waals surface area contributed by atoms with Gasteiger partial charge in [-0.1, -0.05) is 18.2 Å². The summed E-state index contributed by atoms with van der Waals surface area (Å²) in [7, 11) is 3.68. The van der Waals surface area contributed by atoms with Gasteiger partial charge in [0.15, 0.2) is 0 Å². The zero-order valence-electron chi connectivity index (χ0n) is 16.7. The highest BCUT2D eigenvalue weighted by Gasteiger charge is 2.28. The minimum Gasteiger partial charge on any atom is -0.497 e. The Labute approximate surface area is 160 Å². The maximum Gasteiger partial charge on any atom is 0.410 e. The standard InChI is InChI=1S/C21H27N3O3/c1-21(2,3)27-20(25)24-13-16-8-11-19(22-18(16)14-24)23(4)12-15-6-9-17(26-5)10-7-15/h6-11H,12-14H2,1-5H3. The number of nitrogens with zero attached hydrogens (tertiary/aromatic N) is 3. The molecule has 1 aromatic heterocycles. The number of hydrogen-bond acceptors (Lipinski definition) is 5. The van der Waals surface area contributed by atoms with Crippen LogP contribution in [0.5, 0.6) is 5.75 Å². The highest BCUT2D eigenvalue weighted by Crippen LogP contribution is 2.26. The number of rotatable bonds is 4. The first-order valence-corrected chi connectivity index (χ1v) is 9.06. The Bertz CT molecular complexity index is 812. The average molecular weight is 369 g/mol. The lowest BCUT2D eigenvalue weighted by atomic mass is 10.2. The summed E-state index contributed by atoms with van der Waals surface area (Å²) in [5.74, 6) is 1.73. The van der Waals surface area contributed by atoms with Crippen LogP contribution in [-0.4, -0.2) is 35.7 Å². The molecule has 0 saturated heterocycles. The highest BCUT2D eigenvalue weighted by atomic mass is 16.6. The molecule has 144 valence electrons. The van der Waals surface area contributed by atoms with Crippen LogP contribution in [0.2, 0.25) is 0 Å². The number of carbonyl (C=O) groups excluding carboxylic acids is 1. The summed E-state index contributed by atoms with van der Waals surface area (Å²) in [5.41, 5.74) is 2.68. The van der Waals surface area contributed by atoms with Gasteiger partial charge in [0.2, 0.25) is 0 Å².